The Balaban J connectivity index is 1.11. The van der Waals surface area contributed by atoms with Crippen molar-refractivity contribution in [3.8, 4) is 33.4 Å². The van der Waals surface area contributed by atoms with Crippen LogP contribution in [0.1, 0.15) is 58.2 Å². The lowest BCUT2D eigenvalue weighted by atomic mass is 9.82. The van der Waals surface area contributed by atoms with E-state index in [0.29, 0.717) is 22.3 Å². The summed E-state index contributed by atoms with van der Waals surface area (Å²) in [6, 6.07) is 42.1. The molecule has 9 rings (SSSR count). The van der Waals surface area contributed by atoms with Gasteiger partial charge >= 0.3 is 0 Å². The highest BCUT2D eigenvalue weighted by Crippen LogP contribution is 2.50. The molecule has 212 valence electrons. The Morgan fingerprint density at radius 1 is 0.455 bits per heavy atom. The van der Waals surface area contributed by atoms with Crippen LogP contribution in [-0.2, 0) is 30.9 Å². The summed E-state index contributed by atoms with van der Waals surface area (Å²) < 4.78 is 65.8. The van der Waals surface area contributed by atoms with Crippen molar-refractivity contribution in [1.29, 1.82) is 0 Å². The second kappa shape index (κ2) is 9.56. The number of aryl methyl sites for hydroxylation is 4. The number of anilines is 3. The molecule has 0 amide bonds. The molecule has 3 aliphatic rings. The standard InChI is InChI=1S/C43H35N/c1-43(2)41-6-4-3-5-39(41)40-24-23-38(27-42(40)43)44(36-19-15-30(16-20-36)34-13-9-28-7-11-32(28)25-34)37-21-17-31(18-22-37)35-14-10-29-8-12-33(29)26-35/h3-6,9-10,13-27H,7-8,11-12H2,1-2H3/i7D2,8D2,11D2,12D2. The molecule has 0 bridgehead atoms. The minimum absolute atomic E-state index is 0.188. The highest BCUT2D eigenvalue weighted by Gasteiger charge is 2.35. The largest absolute Gasteiger partial charge is 0.310 e. The number of fused-ring (bicyclic) bond motifs is 5. The lowest BCUT2D eigenvalue weighted by Crippen LogP contribution is -2.16. The predicted molar refractivity (Wildman–Crippen MR) is 184 cm³/mol. The molecule has 0 unspecified atom stereocenters. The zero-order valence-corrected chi connectivity index (χ0v) is 24.6. The molecule has 0 saturated heterocycles. The van der Waals surface area contributed by atoms with Crippen molar-refractivity contribution in [2.45, 2.75) is 44.8 Å². The normalized spacial score (nSPS) is 22.1. The zero-order chi connectivity index (χ0) is 36.6. The highest BCUT2D eigenvalue weighted by atomic mass is 15.1. The molecule has 0 aliphatic heterocycles. The van der Waals surface area contributed by atoms with Crippen LogP contribution < -0.4 is 4.90 Å². The average molecular weight is 574 g/mol. The summed E-state index contributed by atoms with van der Waals surface area (Å²) in [6.07, 6.45) is -8.08. The Hall–Kier alpha value is -4.88. The summed E-state index contributed by atoms with van der Waals surface area (Å²) in [5.41, 5.74) is 12.7. The summed E-state index contributed by atoms with van der Waals surface area (Å²) in [6.45, 7) is 4.53. The number of hydrogen-bond donors (Lipinski definition) is 0. The summed E-state index contributed by atoms with van der Waals surface area (Å²) in [5.74, 6) is 0. The van der Waals surface area contributed by atoms with Crippen molar-refractivity contribution < 1.29 is 11.0 Å². The number of benzene rings is 6. The van der Waals surface area contributed by atoms with Gasteiger partial charge in [0.2, 0.25) is 0 Å². The van der Waals surface area contributed by atoms with Crippen LogP contribution in [0.2, 0.25) is 0 Å². The monoisotopic (exact) mass is 573 g/mol. The number of rotatable bonds is 5. The topological polar surface area (TPSA) is 3.24 Å². The Morgan fingerprint density at radius 2 is 0.932 bits per heavy atom. The third-order valence-corrected chi connectivity index (χ3v) is 9.45. The second-order valence-electron chi connectivity index (χ2n) is 12.4. The molecule has 6 aromatic carbocycles. The minimum Gasteiger partial charge on any atom is -0.310 e. The first-order valence-corrected chi connectivity index (χ1v) is 15.1. The van der Waals surface area contributed by atoms with E-state index < -0.39 is 25.5 Å². The quantitative estimate of drug-likeness (QED) is 0.198. The van der Waals surface area contributed by atoms with Gasteiger partial charge in [-0.05, 0) is 129 Å². The van der Waals surface area contributed by atoms with Crippen LogP contribution in [0.3, 0.4) is 0 Å². The van der Waals surface area contributed by atoms with Crippen LogP contribution in [0.4, 0.5) is 17.1 Å². The van der Waals surface area contributed by atoms with E-state index in [1.807, 2.05) is 36.4 Å². The van der Waals surface area contributed by atoms with Gasteiger partial charge in [0.25, 0.3) is 0 Å². The van der Waals surface area contributed by atoms with Crippen LogP contribution >= 0.6 is 0 Å². The van der Waals surface area contributed by atoms with E-state index in [4.69, 9.17) is 11.0 Å². The smallest absolute Gasteiger partial charge is 0.0465 e. The van der Waals surface area contributed by atoms with E-state index in [1.54, 1.807) is 24.3 Å². The Bertz CT molecular complexity index is 2330. The lowest BCUT2D eigenvalue weighted by molar-refractivity contribution is 0.660. The van der Waals surface area contributed by atoms with Crippen LogP contribution in [0.15, 0.2) is 127 Å². The Morgan fingerprint density at radius 3 is 1.52 bits per heavy atom. The fraction of sp³-hybridized carbons (Fsp3) is 0.163. The van der Waals surface area contributed by atoms with E-state index in [2.05, 4.69) is 85.5 Å². The van der Waals surface area contributed by atoms with Crippen molar-refractivity contribution >= 4 is 17.1 Å². The van der Waals surface area contributed by atoms with Gasteiger partial charge in [0.15, 0.2) is 0 Å². The van der Waals surface area contributed by atoms with Crippen LogP contribution in [0.5, 0.6) is 0 Å². The van der Waals surface area contributed by atoms with E-state index in [0.717, 1.165) is 39.3 Å². The van der Waals surface area contributed by atoms with Crippen molar-refractivity contribution in [1.82, 2.24) is 0 Å². The molecule has 6 aromatic rings. The van der Waals surface area contributed by atoms with Crippen LogP contribution in [0.25, 0.3) is 33.4 Å². The Kier molecular flexibility index (Phi) is 4.07. The fourth-order valence-corrected chi connectivity index (χ4v) is 6.90. The molecular weight excluding hydrogens is 530 g/mol. The van der Waals surface area contributed by atoms with E-state index in [9.17, 15) is 0 Å². The van der Waals surface area contributed by atoms with Gasteiger partial charge < -0.3 is 4.90 Å². The zero-order valence-electron chi connectivity index (χ0n) is 32.6. The highest BCUT2D eigenvalue weighted by molar-refractivity contribution is 5.86. The summed E-state index contributed by atoms with van der Waals surface area (Å²) >= 11 is 0. The van der Waals surface area contributed by atoms with Gasteiger partial charge in [-0.2, -0.15) is 0 Å². The average Bonchev–Trinajstić information content (AvgIpc) is 3.37. The number of nitrogens with zero attached hydrogens (tertiary/aromatic N) is 1. The van der Waals surface area contributed by atoms with Gasteiger partial charge in [-0.25, -0.2) is 0 Å². The maximum absolute atomic E-state index is 8.29. The van der Waals surface area contributed by atoms with E-state index >= 15 is 0 Å². The van der Waals surface area contributed by atoms with Crippen molar-refractivity contribution in [3.63, 3.8) is 0 Å². The van der Waals surface area contributed by atoms with Gasteiger partial charge in [-0.1, -0.05) is 105 Å². The molecule has 1 nitrogen and oxygen atoms in total. The number of hydrogen-bond acceptors (Lipinski definition) is 1. The first-order valence-electron chi connectivity index (χ1n) is 19.1. The molecule has 0 aromatic heterocycles. The molecule has 0 saturated carbocycles. The predicted octanol–water partition coefficient (Wildman–Crippen LogP) is 11.0. The molecule has 3 aliphatic carbocycles. The molecule has 0 heterocycles. The van der Waals surface area contributed by atoms with Crippen LogP contribution in [-0.4, -0.2) is 0 Å². The van der Waals surface area contributed by atoms with E-state index in [-0.39, 0.29) is 5.41 Å². The molecule has 0 atom stereocenters. The first kappa shape index (κ1) is 18.7. The molecule has 0 N–H and O–H groups in total. The maximum Gasteiger partial charge on any atom is 0.0465 e. The molecule has 0 fully saturated rings. The van der Waals surface area contributed by atoms with Gasteiger partial charge in [-0.15, -0.1) is 0 Å². The van der Waals surface area contributed by atoms with E-state index in [1.165, 1.54) is 22.3 Å². The summed E-state index contributed by atoms with van der Waals surface area (Å²) in [7, 11) is 0. The maximum atomic E-state index is 8.29. The van der Waals surface area contributed by atoms with Gasteiger partial charge in [0.05, 0.1) is 0 Å². The molecule has 0 spiro atoms. The first-order chi connectivity index (χ1) is 24.5. The van der Waals surface area contributed by atoms with Gasteiger partial charge in [0.1, 0.15) is 0 Å². The van der Waals surface area contributed by atoms with Crippen molar-refractivity contribution in [2.75, 3.05) is 4.90 Å². The lowest BCUT2D eigenvalue weighted by Gasteiger charge is -2.28. The SMILES string of the molecule is [2H]C1([2H])c2ccc(-c3ccc(N(c4ccc(-c5ccc6c(c5)C([2H])([2H])C6([2H])[2H])cc4)c4ccc5c(c4)C(C)(C)c4ccccc4-5)cc3)cc2C1([2H])[2H]. The summed E-state index contributed by atoms with van der Waals surface area (Å²) in [4.78, 5) is 2.21. The van der Waals surface area contributed by atoms with Gasteiger partial charge in [-0.3, -0.25) is 0 Å². The van der Waals surface area contributed by atoms with Crippen molar-refractivity contribution in [3.05, 3.63) is 161 Å². The molecule has 0 radical (unpaired) electrons. The second-order valence-corrected chi connectivity index (χ2v) is 12.4. The minimum atomic E-state index is -2.04. The Labute approximate surface area is 271 Å². The molecule has 44 heavy (non-hydrogen) atoms. The third-order valence-electron chi connectivity index (χ3n) is 9.45. The fourth-order valence-electron chi connectivity index (χ4n) is 6.90. The van der Waals surface area contributed by atoms with Crippen molar-refractivity contribution in [2.24, 2.45) is 0 Å². The van der Waals surface area contributed by atoms with Crippen LogP contribution in [0, 0.1) is 0 Å². The molecular formula is C43H35N. The summed E-state index contributed by atoms with van der Waals surface area (Å²) in [5, 5.41) is 0. The molecule has 1 heteroatoms. The van der Waals surface area contributed by atoms with Gasteiger partial charge in [0, 0.05) is 33.4 Å². The third kappa shape index (κ3) is 3.92.